The van der Waals surface area contributed by atoms with Crippen molar-refractivity contribution in [3.8, 4) is 0 Å². The van der Waals surface area contributed by atoms with Crippen LogP contribution in [0.15, 0.2) is 0 Å². The van der Waals surface area contributed by atoms with Crippen LogP contribution < -0.4 is 5.73 Å². The molecular formula is C16H33NO4Si. The molecule has 0 spiro atoms. The number of unbranched alkanes of at least 4 members (excludes halogenated alkanes) is 1. The van der Waals surface area contributed by atoms with E-state index < -0.39 is 31.5 Å². The molecule has 0 aliphatic rings. The van der Waals surface area contributed by atoms with E-state index in [0.29, 0.717) is 26.0 Å². The SMILES string of the molecule is CC(C)(C)OC(=O)C(CCCCN)C(=O)OCC[Si](C)(C)C. The van der Waals surface area contributed by atoms with Crippen LogP contribution in [0.4, 0.5) is 0 Å². The van der Waals surface area contributed by atoms with E-state index in [1.54, 1.807) is 20.8 Å². The van der Waals surface area contributed by atoms with Crippen LogP contribution in [0.5, 0.6) is 0 Å². The lowest BCUT2D eigenvalue weighted by atomic mass is 10.0. The summed E-state index contributed by atoms with van der Waals surface area (Å²) in [6, 6.07) is 0.891. The highest BCUT2D eigenvalue weighted by Crippen LogP contribution is 2.18. The first kappa shape index (κ1) is 21.1. The molecular weight excluding hydrogens is 298 g/mol. The lowest BCUT2D eigenvalue weighted by molar-refractivity contribution is -0.169. The number of carbonyl (C=O) groups is 2. The zero-order chi connectivity index (χ0) is 17.4. The summed E-state index contributed by atoms with van der Waals surface area (Å²) in [6.07, 6.45) is 1.92. The predicted octanol–water partition coefficient (Wildman–Crippen LogP) is 2.95. The van der Waals surface area contributed by atoms with Crippen LogP contribution in [0, 0.1) is 5.92 Å². The van der Waals surface area contributed by atoms with Crippen LogP contribution in [0.25, 0.3) is 0 Å². The Kier molecular flexibility index (Phi) is 8.93. The van der Waals surface area contributed by atoms with Crippen molar-refractivity contribution in [2.24, 2.45) is 11.7 Å². The van der Waals surface area contributed by atoms with Gasteiger partial charge >= 0.3 is 11.9 Å². The van der Waals surface area contributed by atoms with Crippen LogP contribution in [-0.2, 0) is 19.1 Å². The second kappa shape index (κ2) is 9.30. The van der Waals surface area contributed by atoms with E-state index in [9.17, 15) is 9.59 Å². The van der Waals surface area contributed by atoms with Crippen LogP contribution in [0.1, 0.15) is 40.0 Å². The van der Waals surface area contributed by atoms with Gasteiger partial charge in [0.1, 0.15) is 5.60 Å². The van der Waals surface area contributed by atoms with Gasteiger partial charge in [0.05, 0.1) is 6.61 Å². The largest absolute Gasteiger partial charge is 0.465 e. The molecule has 0 rings (SSSR count). The molecule has 0 heterocycles. The molecule has 0 fully saturated rings. The highest BCUT2D eigenvalue weighted by molar-refractivity contribution is 6.76. The van der Waals surface area contributed by atoms with Gasteiger partial charge in [-0.15, -0.1) is 0 Å². The number of hydrogen-bond donors (Lipinski definition) is 1. The Balaban J connectivity index is 4.62. The second-order valence-electron chi connectivity index (χ2n) is 7.85. The molecule has 0 aliphatic carbocycles. The Hall–Kier alpha value is -0.883. The molecule has 22 heavy (non-hydrogen) atoms. The van der Waals surface area contributed by atoms with Gasteiger partial charge in [-0.3, -0.25) is 9.59 Å². The van der Waals surface area contributed by atoms with E-state index in [2.05, 4.69) is 19.6 Å². The minimum atomic E-state index is -1.27. The minimum absolute atomic E-state index is 0.380. The Morgan fingerprint density at radius 1 is 1.09 bits per heavy atom. The van der Waals surface area contributed by atoms with Crippen LogP contribution >= 0.6 is 0 Å². The molecule has 0 amide bonds. The number of ether oxygens (including phenoxy) is 2. The summed E-state index contributed by atoms with van der Waals surface area (Å²) in [6.45, 7) is 12.9. The predicted molar refractivity (Wildman–Crippen MR) is 91.4 cm³/mol. The number of esters is 2. The van der Waals surface area contributed by atoms with Gasteiger partial charge in [0, 0.05) is 8.07 Å². The van der Waals surface area contributed by atoms with Crippen molar-refractivity contribution in [2.75, 3.05) is 13.2 Å². The van der Waals surface area contributed by atoms with Crippen LogP contribution in [-0.4, -0.2) is 38.8 Å². The quantitative estimate of drug-likeness (QED) is 0.304. The monoisotopic (exact) mass is 331 g/mol. The van der Waals surface area contributed by atoms with E-state index >= 15 is 0 Å². The van der Waals surface area contributed by atoms with Crippen molar-refractivity contribution in [1.82, 2.24) is 0 Å². The second-order valence-corrected chi connectivity index (χ2v) is 13.5. The summed E-state index contributed by atoms with van der Waals surface area (Å²) in [4.78, 5) is 24.4. The summed E-state index contributed by atoms with van der Waals surface area (Å²) in [5.41, 5.74) is 4.86. The Morgan fingerprint density at radius 3 is 2.14 bits per heavy atom. The maximum Gasteiger partial charge on any atom is 0.320 e. The number of nitrogens with two attached hydrogens (primary N) is 1. The molecule has 2 N–H and O–H groups in total. The summed E-state index contributed by atoms with van der Waals surface area (Å²) in [7, 11) is -1.27. The minimum Gasteiger partial charge on any atom is -0.465 e. The fraction of sp³-hybridized carbons (Fsp3) is 0.875. The average molecular weight is 332 g/mol. The Bertz CT molecular complexity index is 358. The number of hydrogen-bond acceptors (Lipinski definition) is 5. The maximum absolute atomic E-state index is 12.2. The third kappa shape index (κ3) is 10.8. The fourth-order valence-corrected chi connectivity index (χ4v) is 2.47. The molecule has 0 saturated heterocycles. The normalized spacial score (nSPS) is 13.6. The summed E-state index contributed by atoms with van der Waals surface area (Å²) in [5, 5.41) is 0. The average Bonchev–Trinajstić information content (AvgIpc) is 2.30. The first-order chi connectivity index (χ1) is 9.96. The van der Waals surface area contributed by atoms with E-state index in [-0.39, 0.29) is 0 Å². The Morgan fingerprint density at radius 2 is 1.68 bits per heavy atom. The van der Waals surface area contributed by atoms with Gasteiger partial charge in [0.25, 0.3) is 0 Å². The van der Waals surface area contributed by atoms with Crippen molar-refractivity contribution >= 4 is 20.0 Å². The number of carbonyl (C=O) groups excluding carboxylic acids is 2. The van der Waals surface area contributed by atoms with Gasteiger partial charge < -0.3 is 15.2 Å². The molecule has 6 heteroatoms. The Labute approximate surface area is 135 Å². The first-order valence-electron chi connectivity index (χ1n) is 8.06. The molecule has 0 radical (unpaired) electrons. The van der Waals surface area contributed by atoms with E-state index in [1.165, 1.54) is 0 Å². The molecule has 0 aromatic heterocycles. The highest BCUT2D eigenvalue weighted by atomic mass is 28.3. The summed E-state index contributed by atoms with van der Waals surface area (Å²) < 4.78 is 10.6. The molecule has 0 bridgehead atoms. The molecule has 0 aliphatic heterocycles. The van der Waals surface area contributed by atoms with Crippen molar-refractivity contribution in [3.05, 3.63) is 0 Å². The molecule has 0 saturated carbocycles. The third-order valence-electron chi connectivity index (χ3n) is 3.02. The van der Waals surface area contributed by atoms with Crippen LogP contribution in [0.3, 0.4) is 0 Å². The van der Waals surface area contributed by atoms with E-state index in [1.807, 2.05) is 0 Å². The van der Waals surface area contributed by atoms with Gasteiger partial charge in [-0.25, -0.2) is 0 Å². The van der Waals surface area contributed by atoms with Gasteiger partial charge in [-0.05, 0) is 46.2 Å². The smallest absolute Gasteiger partial charge is 0.320 e. The molecule has 1 unspecified atom stereocenters. The van der Waals surface area contributed by atoms with E-state index in [4.69, 9.17) is 15.2 Å². The van der Waals surface area contributed by atoms with Gasteiger partial charge in [0.2, 0.25) is 0 Å². The van der Waals surface area contributed by atoms with Crippen molar-refractivity contribution in [1.29, 1.82) is 0 Å². The molecule has 1 atom stereocenters. The van der Waals surface area contributed by atoms with E-state index in [0.717, 1.165) is 12.5 Å². The van der Waals surface area contributed by atoms with Gasteiger partial charge in [-0.1, -0.05) is 26.1 Å². The van der Waals surface area contributed by atoms with Gasteiger partial charge in [0.15, 0.2) is 5.92 Å². The maximum atomic E-state index is 12.2. The van der Waals surface area contributed by atoms with Crippen molar-refractivity contribution < 1.29 is 19.1 Å². The topological polar surface area (TPSA) is 78.6 Å². The van der Waals surface area contributed by atoms with Crippen LogP contribution in [0.2, 0.25) is 25.7 Å². The van der Waals surface area contributed by atoms with Crippen molar-refractivity contribution in [3.63, 3.8) is 0 Å². The molecule has 0 aromatic carbocycles. The lowest BCUT2D eigenvalue weighted by Gasteiger charge is -2.23. The molecule has 5 nitrogen and oxygen atoms in total. The summed E-state index contributed by atoms with van der Waals surface area (Å²) >= 11 is 0. The highest BCUT2D eigenvalue weighted by Gasteiger charge is 2.32. The molecule has 0 aromatic rings. The number of rotatable bonds is 9. The first-order valence-corrected chi connectivity index (χ1v) is 11.8. The summed E-state index contributed by atoms with van der Waals surface area (Å²) in [5.74, 6) is -1.81. The fourth-order valence-electron chi connectivity index (χ4n) is 1.76. The zero-order valence-corrected chi connectivity index (χ0v) is 16.0. The zero-order valence-electron chi connectivity index (χ0n) is 15.0. The standard InChI is InChI=1S/C16H33NO4Si/c1-16(2,3)21-15(19)13(9-7-8-10-17)14(18)20-11-12-22(4,5)6/h13H,7-12,17H2,1-6H3. The molecule has 130 valence electrons. The third-order valence-corrected chi connectivity index (χ3v) is 4.72. The lowest BCUT2D eigenvalue weighted by Crippen LogP contribution is -2.34. The van der Waals surface area contributed by atoms with Crippen molar-refractivity contribution in [2.45, 2.75) is 71.3 Å². The van der Waals surface area contributed by atoms with Gasteiger partial charge in [-0.2, -0.15) is 0 Å².